The number of nitrogens with one attached hydrogen (secondary N) is 1. The first-order valence-electron chi connectivity index (χ1n) is 6.96. The molecule has 0 spiro atoms. The molecule has 1 aromatic rings. The Balaban J connectivity index is 2.07. The third kappa shape index (κ3) is 3.26. The number of aryl methyl sites for hydroxylation is 2. The van der Waals surface area contributed by atoms with Crippen LogP contribution in [0.3, 0.4) is 0 Å². The lowest BCUT2D eigenvalue weighted by atomic mass is 9.77. The summed E-state index contributed by atoms with van der Waals surface area (Å²) in [6.45, 7) is 4.98. The SMILES string of the molecule is Cc1nn(C)c(CNC2(CCl)CCCC(C)C2)c1Cl. The number of halogens is 2. The monoisotopic (exact) mass is 303 g/mol. The second-order valence-corrected chi connectivity index (χ2v) is 6.58. The highest BCUT2D eigenvalue weighted by Gasteiger charge is 2.34. The molecule has 1 saturated carbocycles. The molecule has 1 N–H and O–H groups in total. The van der Waals surface area contributed by atoms with Crippen molar-refractivity contribution in [2.24, 2.45) is 13.0 Å². The van der Waals surface area contributed by atoms with Crippen molar-refractivity contribution < 1.29 is 0 Å². The topological polar surface area (TPSA) is 29.9 Å². The van der Waals surface area contributed by atoms with Gasteiger partial charge in [-0.15, -0.1) is 11.6 Å². The van der Waals surface area contributed by atoms with Crippen molar-refractivity contribution in [2.45, 2.75) is 51.6 Å². The van der Waals surface area contributed by atoms with Crippen molar-refractivity contribution in [3.05, 3.63) is 16.4 Å². The van der Waals surface area contributed by atoms with Gasteiger partial charge in [-0.3, -0.25) is 4.68 Å². The van der Waals surface area contributed by atoms with Crippen LogP contribution < -0.4 is 5.32 Å². The third-order valence-corrected chi connectivity index (χ3v) is 5.24. The van der Waals surface area contributed by atoms with Crippen LogP contribution in [0.2, 0.25) is 5.02 Å². The normalized spacial score (nSPS) is 27.7. The molecule has 2 rings (SSSR count). The van der Waals surface area contributed by atoms with Crippen molar-refractivity contribution in [1.29, 1.82) is 0 Å². The molecule has 3 nitrogen and oxygen atoms in total. The molecule has 1 aliphatic rings. The highest BCUT2D eigenvalue weighted by Crippen LogP contribution is 2.33. The lowest BCUT2D eigenvalue weighted by Crippen LogP contribution is -2.49. The average molecular weight is 304 g/mol. The van der Waals surface area contributed by atoms with Crippen molar-refractivity contribution in [3.63, 3.8) is 0 Å². The lowest BCUT2D eigenvalue weighted by molar-refractivity contribution is 0.206. The van der Waals surface area contributed by atoms with Gasteiger partial charge in [0, 0.05) is 25.0 Å². The summed E-state index contributed by atoms with van der Waals surface area (Å²) >= 11 is 12.5. The van der Waals surface area contributed by atoms with Gasteiger partial charge in [-0.1, -0.05) is 31.4 Å². The van der Waals surface area contributed by atoms with Crippen molar-refractivity contribution >= 4 is 23.2 Å². The van der Waals surface area contributed by atoms with E-state index >= 15 is 0 Å². The van der Waals surface area contributed by atoms with E-state index in [1.165, 1.54) is 12.8 Å². The fourth-order valence-corrected chi connectivity index (χ4v) is 3.70. The average Bonchev–Trinajstić information content (AvgIpc) is 2.61. The Morgan fingerprint density at radius 1 is 1.53 bits per heavy atom. The first-order chi connectivity index (χ1) is 8.97. The molecule has 0 aromatic carbocycles. The summed E-state index contributed by atoms with van der Waals surface area (Å²) in [7, 11) is 1.94. The number of rotatable bonds is 4. The summed E-state index contributed by atoms with van der Waals surface area (Å²) < 4.78 is 1.86. The molecule has 0 saturated heterocycles. The number of nitrogens with zero attached hydrogens (tertiary/aromatic N) is 2. The van der Waals surface area contributed by atoms with Crippen LogP contribution in [-0.4, -0.2) is 21.2 Å². The molecule has 2 unspecified atom stereocenters. The van der Waals surface area contributed by atoms with Crippen molar-refractivity contribution in [3.8, 4) is 0 Å². The Hall–Kier alpha value is -0.250. The maximum atomic E-state index is 6.29. The predicted octanol–water partition coefficient (Wildman–Crippen LogP) is 3.66. The van der Waals surface area contributed by atoms with E-state index in [9.17, 15) is 0 Å². The van der Waals surface area contributed by atoms with Crippen LogP contribution in [0.5, 0.6) is 0 Å². The number of alkyl halides is 1. The molecule has 5 heteroatoms. The largest absolute Gasteiger partial charge is 0.304 e. The first-order valence-corrected chi connectivity index (χ1v) is 7.87. The van der Waals surface area contributed by atoms with Crippen LogP contribution in [0.1, 0.15) is 44.0 Å². The van der Waals surface area contributed by atoms with E-state index in [0.29, 0.717) is 5.88 Å². The summed E-state index contributed by atoms with van der Waals surface area (Å²) in [5.41, 5.74) is 1.99. The van der Waals surface area contributed by atoms with Gasteiger partial charge < -0.3 is 5.32 Å². The van der Waals surface area contributed by atoms with E-state index in [0.717, 1.165) is 41.7 Å². The maximum Gasteiger partial charge on any atom is 0.0860 e. The fraction of sp³-hybridized carbons (Fsp3) is 0.786. The van der Waals surface area contributed by atoms with E-state index in [1.54, 1.807) is 0 Å². The number of aromatic nitrogens is 2. The van der Waals surface area contributed by atoms with E-state index in [1.807, 2.05) is 18.7 Å². The molecule has 1 aromatic heterocycles. The molecule has 0 aliphatic heterocycles. The predicted molar refractivity (Wildman–Crippen MR) is 80.9 cm³/mol. The van der Waals surface area contributed by atoms with Gasteiger partial charge in [-0.2, -0.15) is 5.10 Å². The van der Waals surface area contributed by atoms with Gasteiger partial charge in [0.25, 0.3) is 0 Å². The van der Waals surface area contributed by atoms with Gasteiger partial charge in [-0.25, -0.2) is 0 Å². The molecule has 19 heavy (non-hydrogen) atoms. The zero-order valence-electron chi connectivity index (χ0n) is 12.0. The van der Waals surface area contributed by atoms with E-state index in [4.69, 9.17) is 23.2 Å². The minimum absolute atomic E-state index is 0.0563. The van der Waals surface area contributed by atoms with E-state index < -0.39 is 0 Å². The second-order valence-electron chi connectivity index (χ2n) is 5.94. The molecule has 0 amide bonds. The quantitative estimate of drug-likeness (QED) is 0.860. The Morgan fingerprint density at radius 2 is 2.26 bits per heavy atom. The molecular weight excluding hydrogens is 281 g/mol. The minimum atomic E-state index is 0.0563. The van der Waals surface area contributed by atoms with Crippen molar-refractivity contribution in [2.75, 3.05) is 5.88 Å². The lowest BCUT2D eigenvalue weighted by Gasteiger charge is -2.39. The summed E-state index contributed by atoms with van der Waals surface area (Å²) in [4.78, 5) is 0. The maximum absolute atomic E-state index is 6.29. The Labute approximate surface area is 125 Å². The zero-order valence-corrected chi connectivity index (χ0v) is 13.5. The molecule has 1 fully saturated rings. The number of hydrogen-bond acceptors (Lipinski definition) is 2. The van der Waals surface area contributed by atoms with Gasteiger partial charge in [0.2, 0.25) is 0 Å². The van der Waals surface area contributed by atoms with Crippen LogP contribution in [0.15, 0.2) is 0 Å². The molecule has 108 valence electrons. The first kappa shape index (κ1) is 15.1. The summed E-state index contributed by atoms with van der Waals surface area (Å²) in [5, 5.41) is 8.77. The van der Waals surface area contributed by atoms with E-state index in [-0.39, 0.29) is 5.54 Å². The van der Waals surface area contributed by atoms with Crippen LogP contribution in [0.25, 0.3) is 0 Å². The molecule has 2 atom stereocenters. The van der Waals surface area contributed by atoms with Crippen LogP contribution in [0.4, 0.5) is 0 Å². The smallest absolute Gasteiger partial charge is 0.0860 e. The third-order valence-electron chi connectivity index (χ3n) is 4.24. The minimum Gasteiger partial charge on any atom is -0.304 e. The Bertz CT molecular complexity index is 444. The van der Waals surface area contributed by atoms with Gasteiger partial charge in [0.15, 0.2) is 0 Å². The van der Waals surface area contributed by atoms with Gasteiger partial charge in [0.1, 0.15) is 0 Å². The summed E-state index contributed by atoms with van der Waals surface area (Å²) in [6.07, 6.45) is 4.85. The fourth-order valence-electron chi connectivity index (χ4n) is 3.13. The molecule has 1 heterocycles. The molecular formula is C14H23Cl2N3. The van der Waals surface area contributed by atoms with Gasteiger partial charge in [0.05, 0.1) is 16.4 Å². The van der Waals surface area contributed by atoms with Crippen LogP contribution in [0, 0.1) is 12.8 Å². The van der Waals surface area contributed by atoms with Crippen LogP contribution >= 0.6 is 23.2 Å². The second kappa shape index (κ2) is 6.02. The highest BCUT2D eigenvalue weighted by molar-refractivity contribution is 6.31. The standard InChI is InChI=1S/C14H23Cl2N3/c1-10-5-4-6-14(7-10,9-15)17-8-12-13(16)11(2)18-19(12)3/h10,17H,4-9H2,1-3H3. The summed E-state index contributed by atoms with van der Waals surface area (Å²) in [6, 6.07) is 0. The van der Waals surface area contributed by atoms with Gasteiger partial charge in [-0.05, 0) is 25.7 Å². The molecule has 0 bridgehead atoms. The van der Waals surface area contributed by atoms with Crippen molar-refractivity contribution in [1.82, 2.24) is 15.1 Å². The Kier molecular flexibility index (Phi) is 4.80. The molecule has 0 radical (unpaired) electrons. The molecule has 1 aliphatic carbocycles. The Morgan fingerprint density at radius 3 is 2.79 bits per heavy atom. The summed E-state index contributed by atoms with van der Waals surface area (Å²) in [5.74, 6) is 1.40. The van der Waals surface area contributed by atoms with Crippen LogP contribution in [-0.2, 0) is 13.6 Å². The highest BCUT2D eigenvalue weighted by atomic mass is 35.5. The number of hydrogen-bond donors (Lipinski definition) is 1. The van der Waals surface area contributed by atoms with Gasteiger partial charge >= 0.3 is 0 Å². The zero-order chi connectivity index (χ0) is 14.0. The van der Waals surface area contributed by atoms with E-state index in [2.05, 4.69) is 17.3 Å².